The minimum Gasteiger partial charge on any atom is -0.497 e. The standard InChI is InChI=1S/C16H21N3O6/c1-24-11-7-10(8-12(9-11)25-2)19-6-4-13(15(19)22)18-16(23)17-5-3-14(20)21/h7-9,13H,3-6H2,1-2H3,(H,20,21)(H2,17,18,23). The van der Waals surface area contributed by atoms with Crippen LogP contribution >= 0.6 is 0 Å². The Kier molecular flexibility index (Phi) is 6.04. The fraction of sp³-hybridized carbons (Fsp3) is 0.438. The maximum absolute atomic E-state index is 12.5. The summed E-state index contributed by atoms with van der Waals surface area (Å²) >= 11 is 0. The number of aliphatic carboxylic acids is 1. The van der Waals surface area contributed by atoms with Gasteiger partial charge < -0.3 is 30.1 Å². The summed E-state index contributed by atoms with van der Waals surface area (Å²) in [6, 6.07) is 3.91. The van der Waals surface area contributed by atoms with Crippen molar-refractivity contribution in [2.75, 3.05) is 32.2 Å². The fourth-order valence-electron chi connectivity index (χ4n) is 2.51. The van der Waals surface area contributed by atoms with E-state index >= 15 is 0 Å². The zero-order valence-corrected chi connectivity index (χ0v) is 14.1. The Morgan fingerprint density at radius 1 is 1.24 bits per heavy atom. The van der Waals surface area contributed by atoms with Crippen LogP contribution in [-0.4, -0.2) is 56.4 Å². The number of nitrogens with zero attached hydrogens (tertiary/aromatic N) is 1. The van der Waals surface area contributed by atoms with E-state index in [1.807, 2.05) is 0 Å². The van der Waals surface area contributed by atoms with E-state index in [1.54, 1.807) is 23.1 Å². The van der Waals surface area contributed by atoms with Crippen LogP contribution in [0, 0.1) is 0 Å². The highest BCUT2D eigenvalue weighted by atomic mass is 16.5. The van der Waals surface area contributed by atoms with Gasteiger partial charge in [0.25, 0.3) is 0 Å². The third-order valence-electron chi connectivity index (χ3n) is 3.78. The van der Waals surface area contributed by atoms with Gasteiger partial charge in [0.2, 0.25) is 5.91 Å². The van der Waals surface area contributed by atoms with Gasteiger partial charge in [-0.25, -0.2) is 4.79 Å². The Balaban J connectivity index is 1.99. The smallest absolute Gasteiger partial charge is 0.315 e. The van der Waals surface area contributed by atoms with Gasteiger partial charge in [0.15, 0.2) is 0 Å². The third kappa shape index (κ3) is 4.75. The van der Waals surface area contributed by atoms with Crippen LogP contribution < -0.4 is 25.0 Å². The number of amides is 3. The highest BCUT2D eigenvalue weighted by Gasteiger charge is 2.34. The van der Waals surface area contributed by atoms with E-state index in [4.69, 9.17) is 14.6 Å². The molecule has 1 aromatic carbocycles. The van der Waals surface area contributed by atoms with Gasteiger partial charge in [-0.05, 0) is 6.42 Å². The molecule has 2 rings (SSSR count). The number of carboxylic acids is 1. The molecular weight excluding hydrogens is 330 g/mol. The number of methoxy groups -OCH3 is 2. The number of rotatable bonds is 7. The van der Waals surface area contributed by atoms with Crippen molar-refractivity contribution in [1.29, 1.82) is 0 Å². The predicted molar refractivity (Wildman–Crippen MR) is 89.1 cm³/mol. The average molecular weight is 351 g/mol. The van der Waals surface area contributed by atoms with E-state index in [0.29, 0.717) is 30.2 Å². The molecule has 0 aromatic heterocycles. The van der Waals surface area contributed by atoms with Crippen LogP contribution in [-0.2, 0) is 9.59 Å². The quantitative estimate of drug-likeness (QED) is 0.662. The molecule has 0 radical (unpaired) electrons. The maximum atomic E-state index is 12.5. The number of benzene rings is 1. The van der Waals surface area contributed by atoms with Crippen molar-refractivity contribution in [1.82, 2.24) is 10.6 Å². The SMILES string of the molecule is COc1cc(OC)cc(N2CCC(NC(=O)NCCC(=O)O)C2=O)c1. The highest BCUT2D eigenvalue weighted by molar-refractivity contribution is 6.01. The number of carbonyl (C=O) groups excluding carboxylic acids is 2. The third-order valence-corrected chi connectivity index (χ3v) is 3.78. The molecule has 1 aliphatic rings. The van der Waals surface area contributed by atoms with E-state index in [9.17, 15) is 14.4 Å². The lowest BCUT2D eigenvalue weighted by atomic mass is 10.2. The molecule has 9 nitrogen and oxygen atoms in total. The Labute approximate surface area is 144 Å². The van der Waals surface area contributed by atoms with E-state index in [2.05, 4.69) is 10.6 Å². The van der Waals surface area contributed by atoms with Crippen molar-refractivity contribution in [2.45, 2.75) is 18.9 Å². The first-order chi connectivity index (χ1) is 11.9. The summed E-state index contributed by atoms with van der Waals surface area (Å²) in [6.45, 7) is 0.439. The van der Waals surface area contributed by atoms with Crippen LogP contribution in [0.2, 0.25) is 0 Å². The molecule has 0 saturated carbocycles. The molecule has 9 heteroatoms. The van der Waals surface area contributed by atoms with E-state index in [-0.39, 0.29) is 18.9 Å². The van der Waals surface area contributed by atoms with Crippen LogP contribution in [0.3, 0.4) is 0 Å². The molecule has 0 bridgehead atoms. The summed E-state index contributed by atoms with van der Waals surface area (Å²) in [4.78, 5) is 36.3. The summed E-state index contributed by atoms with van der Waals surface area (Å²) in [5.74, 6) is -0.131. The fourth-order valence-corrected chi connectivity index (χ4v) is 2.51. The molecule has 1 fully saturated rings. The topological polar surface area (TPSA) is 117 Å². The molecule has 1 atom stereocenters. The number of hydrogen-bond donors (Lipinski definition) is 3. The highest BCUT2D eigenvalue weighted by Crippen LogP contribution is 2.30. The summed E-state index contributed by atoms with van der Waals surface area (Å²) in [5.41, 5.74) is 0.622. The summed E-state index contributed by atoms with van der Waals surface area (Å²) < 4.78 is 10.4. The van der Waals surface area contributed by atoms with Gasteiger partial charge in [-0.15, -0.1) is 0 Å². The van der Waals surface area contributed by atoms with Gasteiger partial charge in [0.1, 0.15) is 17.5 Å². The van der Waals surface area contributed by atoms with Crippen molar-refractivity contribution in [3.05, 3.63) is 18.2 Å². The summed E-state index contributed by atoms with van der Waals surface area (Å²) in [7, 11) is 3.05. The number of hydrogen-bond acceptors (Lipinski definition) is 5. The van der Waals surface area contributed by atoms with Gasteiger partial charge in [-0.3, -0.25) is 9.59 Å². The molecule has 1 saturated heterocycles. The second-order valence-electron chi connectivity index (χ2n) is 5.45. The van der Waals surface area contributed by atoms with E-state index in [1.165, 1.54) is 14.2 Å². The molecule has 1 unspecified atom stereocenters. The second kappa shape index (κ2) is 8.22. The maximum Gasteiger partial charge on any atom is 0.315 e. The summed E-state index contributed by atoms with van der Waals surface area (Å²) in [5, 5.41) is 13.5. The Hall–Kier alpha value is -2.97. The first-order valence-corrected chi connectivity index (χ1v) is 7.75. The van der Waals surface area contributed by atoms with Gasteiger partial charge in [0, 0.05) is 31.3 Å². The van der Waals surface area contributed by atoms with Crippen LogP contribution in [0.1, 0.15) is 12.8 Å². The molecule has 1 aromatic rings. The lowest BCUT2D eigenvalue weighted by molar-refractivity contribution is -0.136. The number of anilines is 1. The van der Waals surface area contributed by atoms with Crippen molar-refractivity contribution in [2.24, 2.45) is 0 Å². The number of ether oxygens (including phenoxy) is 2. The number of urea groups is 1. The van der Waals surface area contributed by atoms with Crippen LogP contribution in [0.4, 0.5) is 10.5 Å². The number of carboxylic acid groups (broad SMARTS) is 1. The normalized spacial score (nSPS) is 16.5. The molecule has 0 aliphatic carbocycles. The zero-order valence-electron chi connectivity index (χ0n) is 14.1. The van der Waals surface area contributed by atoms with Crippen molar-refractivity contribution in [3.8, 4) is 11.5 Å². The Bertz CT molecular complexity index is 641. The van der Waals surface area contributed by atoms with Gasteiger partial charge in [-0.2, -0.15) is 0 Å². The van der Waals surface area contributed by atoms with Crippen LogP contribution in [0.5, 0.6) is 11.5 Å². The first kappa shape index (κ1) is 18.4. The minimum atomic E-state index is -1.00. The number of carbonyl (C=O) groups is 3. The Morgan fingerprint density at radius 2 is 1.88 bits per heavy atom. The molecule has 136 valence electrons. The molecule has 1 heterocycles. The predicted octanol–water partition coefficient (Wildman–Crippen LogP) is 0.583. The first-order valence-electron chi connectivity index (χ1n) is 7.75. The monoisotopic (exact) mass is 351 g/mol. The van der Waals surface area contributed by atoms with Crippen molar-refractivity contribution in [3.63, 3.8) is 0 Å². The van der Waals surface area contributed by atoms with E-state index in [0.717, 1.165) is 0 Å². The molecule has 3 N–H and O–H groups in total. The lowest BCUT2D eigenvalue weighted by Gasteiger charge is -2.19. The van der Waals surface area contributed by atoms with Crippen molar-refractivity contribution < 1.29 is 29.0 Å². The minimum absolute atomic E-state index is 0.00112. The molecule has 3 amide bonds. The van der Waals surface area contributed by atoms with Gasteiger partial charge in [0.05, 0.1) is 26.3 Å². The lowest BCUT2D eigenvalue weighted by Crippen LogP contribution is -2.46. The largest absolute Gasteiger partial charge is 0.497 e. The Morgan fingerprint density at radius 3 is 2.44 bits per heavy atom. The van der Waals surface area contributed by atoms with E-state index < -0.39 is 18.0 Å². The van der Waals surface area contributed by atoms with Crippen molar-refractivity contribution >= 4 is 23.6 Å². The summed E-state index contributed by atoms with van der Waals surface area (Å²) in [6.07, 6.45) is 0.270. The molecular formula is C16H21N3O6. The molecule has 0 spiro atoms. The number of nitrogens with one attached hydrogen (secondary N) is 2. The second-order valence-corrected chi connectivity index (χ2v) is 5.45. The van der Waals surface area contributed by atoms with Gasteiger partial charge in [-0.1, -0.05) is 0 Å². The van der Waals surface area contributed by atoms with Gasteiger partial charge >= 0.3 is 12.0 Å². The molecule has 25 heavy (non-hydrogen) atoms. The average Bonchev–Trinajstić information content (AvgIpc) is 2.94. The zero-order chi connectivity index (χ0) is 18.4. The molecule has 1 aliphatic heterocycles. The van der Waals surface area contributed by atoms with Crippen LogP contribution in [0.15, 0.2) is 18.2 Å². The van der Waals surface area contributed by atoms with Crippen LogP contribution in [0.25, 0.3) is 0 Å².